The number of methoxy groups -OCH3 is 1. The van der Waals surface area contributed by atoms with Crippen molar-refractivity contribution in [2.45, 2.75) is 31.9 Å². The predicted octanol–water partition coefficient (Wildman–Crippen LogP) is 4.21. The number of ether oxygens (including phenoxy) is 2. The van der Waals surface area contributed by atoms with Gasteiger partial charge in [-0.25, -0.2) is 4.79 Å². The third-order valence-corrected chi connectivity index (χ3v) is 4.54. The minimum atomic E-state index is -0.420. The molecule has 1 heterocycles. The first-order valence-electron chi connectivity index (χ1n) is 8.82. The van der Waals surface area contributed by atoms with E-state index in [4.69, 9.17) is 9.47 Å². The Morgan fingerprint density at radius 3 is 2.62 bits per heavy atom. The van der Waals surface area contributed by atoms with Gasteiger partial charge in [0.25, 0.3) is 0 Å². The summed E-state index contributed by atoms with van der Waals surface area (Å²) in [6.45, 7) is 0.802. The first kappa shape index (κ1) is 18.1. The fraction of sp³-hybridized carbons (Fsp3) is 0.333. The van der Waals surface area contributed by atoms with Crippen LogP contribution >= 0.6 is 0 Å². The molecular formula is C21H23NO4. The molecule has 0 fully saturated rings. The predicted molar refractivity (Wildman–Crippen MR) is 99.4 cm³/mol. The van der Waals surface area contributed by atoms with Crippen LogP contribution in [0.2, 0.25) is 0 Å². The van der Waals surface area contributed by atoms with Gasteiger partial charge in [0.1, 0.15) is 6.61 Å². The molecule has 136 valence electrons. The highest BCUT2D eigenvalue weighted by Gasteiger charge is 2.35. The van der Waals surface area contributed by atoms with Crippen LogP contribution in [0.15, 0.2) is 54.6 Å². The van der Waals surface area contributed by atoms with Gasteiger partial charge in [-0.3, -0.25) is 9.69 Å². The lowest BCUT2D eigenvalue weighted by Crippen LogP contribution is -2.45. The van der Waals surface area contributed by atoms with Crippen molar-refractivity contribution in [2.75, 3.05) is 18.6 Å². The van der Waals surface area contributed by atoms with Gasteiger partial charge in [0.15, 0.2) is 5.78 Å². The first-order valence-corrected chi connectivity index (χ1v) is 8.82. The number of amides is 1. The topological polar surface area (TPSA) is 55.8 Å². The van der Waals surface area contributed by atoms with Crippen molar-refractivity contribution in [1.29, 1.82) is 0 Å². The van der Waals surface area contributed by atoms with Crippen molar-refractivity contribution >= 4 is 17.6 Å². The molecule has 0 saturated heterocycles. The number of carbonyl (C=O) groups excluding carboxylic acids is 2. The third kappa shape index (κ3) is 4.11. The van der Waals surface area contributed by atoms with Crippen molar-refractivity contribution in [3.8, 4) is 0 Å². The summed E-state index contributed by atoms with van der Waals surface area (Å²) in [5.74, 6) is 0.0649. The maximum absolute atomic E-state index is 12.8. The van der Waals surface area contributed by atoms with Crippen LogP contribution in [0.5, 0.6) is 0 Å². The molecule has 1 aliphatic heterocycles. The van der Waals surface area contributed by atoms with Crippen LogP contribution in [-0.2, 0) is 16.1 Å². The number of rotatable bonds is 6. The molecule has 1 amide bonds. The summed E-state index contributed by atoms with van der Waals surface area (Å²) >= 11 is 0. The lowest BCUT2D eigenvalue weighted by Gasteiger charge is -2.35. The molecule has 0 spiro atoms. The molecule has 1 atom stereocenters. The van der Waals surface area contributed by atoms with E-state index in [0.29, 0.717) is 30.7 Å². The molecule has 0 saturated carbocycles. The molecule has 0 N–H and O–H groups in total. The fourth-order valence-electron chi connectivity index (χ4n) is 3.26. The average Bonchev–Trinajstić information content (AvgIpc) is 2.67. The van der Waals surface area contributed by atoms with Crippen LogP contribution in [0.3, 0.4) is 0 Å². The second-order valence-electron chi connectivity index (χ2n) is 6.34. The highest BCUT2D eigenvalue weighted by atomic mass is 16.6. The number of ketones is 1. The van der Waals surface area contributed by atoms with E-state index in [-0.39, 0.29) is 18.4 Å². The summed E-state index contributed by atoms with van der Waals surface area (Å²) < 4.78 is 10.7. The third-order valence-electron chi connectivity index (χ3n) is 4.54. The number of anilines is 1. The number of benzene rings is 2. The summed E-state index contributed by atoms with van der Waals surface area (Å²) in [6.07, 6.45) is 1.35. The summed E-state index contributed by atoms with van der Waals surface area (Å²) in [5.41, 5.74) is 2.13. The zero-order chi connectivity index (χ0) is 18.4. The second-order valence-corrected chi connectivity index (χ2v) is 6.34. The number of hydrogen-bond donors (Lipinski definition) is 0. The average molecular weight is 353 g/mol. The Labute approximate surface area is 153 Å². The highest BCUT2D eigenvalue weighted by molar-refractivity contribution is 6.08. The van der Waals surface area contributed by atoms with Crippen LogP contribution in [0.1, 0.15) is 35.2 Å². The normalized spacial score (nSPS) is 16.3. The number of nitrogens with zero attached hydrogens (tertiary/aromatic N) is 1. The maximum Gasteiger partial charge on any atom is 0.414 e. The van der Waals surface area contributed by atoms with Crippen LogP contribution in [0.4, 0.5) is 10.5 Å². The van der Waals surface area contributed by atoms with E-state index in [0.717, 1.165) is 12.0 Å². The molecule has 0 bridgehead atoms. The van der Waals surface area contributed by atoms with Gasteiger partial charge in [-0.05, 0) is 30.5 Å². The molecule has 5 nitrogen and oxygen atoms in total. The molecule has 2 aromatic rings. The van der Waals surface area contributed by atoms with Crippen molar-refractivity contribution in [3.63, 3.8) is 0 Å². The quantitative estimate of drug-likeness (QED) is 0.730. The van der Waals surface area contributed by atoms with E-state index < -0.39 is 6.09 Å². The molecule has 2 aromatic carbocycles. The Hall–Kier alpha value is -2.66. The Balaban J connectivity index is 1.79. The van der Waals surface area contributed by atoms with E-state index in [1.54, 1.807) is 24.1 Å². The lowest BCUT2D eigenvalue weighted by molar-refractivity contribution is 0.0956. The van der Waals surface area contributed by atoms with Gasteiger partial charge in [-0.15, -0.1) is 0 Å². The zero-order valence-electron chi connectivity index (χ0n) is 14.9. The summed E-state index contributed by atoms with van der Waals surface area (Å²) in [4.78, 5) is 26.9. The molecule has 0 aromatic heterocycles. The molecule has 26 heavy (non-hydrogen) atoms. The monoisotopic (exact) mass is 353 g/mol. The Kier molecular flexibility index (Phi) is 6.02. The van der Waals surface area contributed by atoms with Crippen molar-refractivity contribution in [1.82, 2.24) is 0 Å². The smallest absolute Gasteiger partial charge is 0.414 e. The molecule has 5 heteroatoms. The SMILES string of the molecule is COCCCC1CC(=O)c2ccccc2N1C(=O)OCc1ccccc1. The van der Waals surface area contributed by atoms with E-state index in [9.17, 15) is 9.59 Å². The zero-order valence-corrected chi connectivity index (χ0v) is 14.9. The number of fused-ring (bicyclic) bond motifs is 1. The Morgan fingerprint density at radius 2 is 1.85 bits per heavy atom. The molecule has 0 radical (unpaired) electrons. The molecule has 0 aliphatic carbocycles. The van der Waals surface area contributed by atoms with E-state index in [1.807, 2.05) is 42.5 Å². The number of para-hydroxylation sites is 1. The van der Waals surface area contributed by atoms with Crippen molar-refractivity contribution in [2.24, 2.45) is 0 Å². The van der Waals surface area contributed by atoms with Gasteiger partial charge in [-0.2, -0.15) is 0 Å². The van der Waals surface area contributed by atoms with Gasteiger partial charge in [0, 0.05) is 31.7 Å². The Morgan fingerprint density at radius 1 is 1.12 bits per heavy atom. The van der Waals surface area contributed by atoms with E-state index >= 15 is 0 Å². The molecular weight excluding hydrogens is 330 g/mol. The maximum atomic E-state index is 12.8. The second kappa shape index (κ2) is 8.63. The van der Waals surface area contributed by atoms with Crippen LogP contribution in [0, 0.1) is 0 Å². The van der Waals surface area contributed by atoms with Gasteiger partial charge < -0.3 is 9.47 Å². The summed E-state index contributed by atoms with van der Waals surface area (Å²) in [7, 11) is 1.65. The molecule has 1 unspecified atom stereocenters. The van der Waals surface area contributed by atoms with E-state index in [2.05, 4.69) is 0 Å². The van der Waals surface area contributed by atoms with Gasteiger partial charge in [-0.1, -0.05) is 42.5 Å². The van der Waals surface area contributed by atoms with Crippen LogP contribution in [0.25, 0.3) is 0 Å². The standard InChI is InChI=1S/C21H23NO4/c1-25-13-7-10-17-14-20(23)18-11-5-6-12-19(18)22(17)21(24)26-15-16-8-3-2-4-9-16/h2-6,8-9,11-12,17H,7,10,13-15H2,1H3. The highest BCUT2D eigenvalue weighted by Crippen LogP contribution is 2.33. The fourth-order valence-corrected chi connectivity index (χ4v) is 3.26. The van der Waals surface area contributed by atoms with Gasteiger partial charge in [0.05, 0.1) is 5.69 Å². The molecule has 3 rings (SSSR count). The molecule has 1 aliphatic rings. The lowest BCUT2D eigenvalue weighted by atomic mass is 9.92. The van der Waals surface area contributed by atoms with Crippen molar-refractivity contribution in [3.05, 3.63) is 65.7 Å². The van der Waals surface area contributed by atoms with Crippen LogP contribution in [-0.4, -0.2) is 31.6 Å². The van der Waals surface area contributed by atoms with E-state index in [1.165, 1.54) is 0 Å². The largest absolute Gasteiger partial charge is 0.444 e. The van der Waals surface area contributed by atoms with Crippen LogP contribution < -0.4 is 4.90 Å². The van der Waals surface area contributed by atoms with Gasteiger partial charge >= 0.3 is 6.09 Å². The Bertz CT molecular complexity index is 760. The summed E-state index contributed by atoms with van der Waals surface area (Å²) in [6, 6.07) is 16.6. The van der Waals surface area contributed by atoms with Crippen molar-refractivity contribution < 1.29 is 19.1 Å². The number of hydrogen-bond acceptors (Lipinski definition) is 4. The summed E-state index contributed by atoms with van der Waals surface area (Å²) in [5, 5.41) is 0. The first-order chi connectivity index (χ1) is 12.7. The number of Topliss-reactive ketones (excluding diaryl/α,β-unsaturated/α-hetero) is 1. The minimum absolute atomic E-state index is 0.0649. The van der Waals surface area contributed by atoms with Gasteiger partial charge in [0.2, 0.25) is 0 Å². The number of carbonyl (C=O) groups is 2. The minimum Gasteiger partial charge on any atom is -0.444 e.